The number of nitrogen functional groups attached to an aromatic ring is 1. The maximum absolute atomic E-state index is 6.27. The van der Waals surface area contributed by atoms with Gasteiger partial charge >= 0.3 is 0 Å². The molecule has 0 aromatic carbocycles. The Bertz CT molecular complexity index is 426. The first-order valence-corrected chi connectivity index (χ1v) is 7.36. The Morgan fingerprint density at radius 2 is 2.05 bits per heavy atom. The van der Waals surface area contributed by atoms with Crippen LogP contribution in [0.2, 0.25) is 0 Å². The van der Waals surface area contributed by atoms with Crippen LogP contribution in [-0.4, -0.2) is 47.4 Å². The summed E-state index contributed by atoms with van der Waals surface area (Å²) in [4.78, 5) is 4.90. The number of anilines is 2. The molecule has 1 unspecified atom stereocenters. The maximum atomic E-state index is 6.27. The van der Waals surface area contributed by atoms with Gasteiger partial charge in [-0.1, -0.05) is 6.92 Å². The van der Waals surface area contributed by atoms with Gasteiger partial charge in [0.05, 0.1) is 11.4 Å². The minimum absolute atomic E-state index is 0.524. The number of aromatic nitrogens is 2. The summed E-state index contributed by atoms with van der Waals surface area (Å²) in [6.07, 6.45) is 2.32. The number of likely N-dealkylation sites (N-methyl/N-ethyl adjacent to an activating group) is 1. The normalized spacial score (nSPS) is 21.7. The maximum Gasteiger partial charge on any atom is 0.150 e. The summed E-state index contributed by atoms with van der Waals surface area (Å²) in [5.41, 5.74) is 8.07. The van der Waals surface area contributed by atoms with Gasteiger partial charge in [0.2, 0.25) is 0 Å². The zero-order valence-corrected chi connectivity index (χ0v) is 12.7. The lowest BCUT2D eigenvalue weighted by atomic mass is 10.1. The van der Waals surface area contributed by atoms with Crippen molar-refractivity contribution in [1.29, 1.82) is 0 Å². The van der Waals surface area contributed by atoms with Gasteiger partial charge in [-0.3, -0.25) is 0 Å². The van der Waals surface area contributed by atoms with Crippen LogP contribution in [0.3, 0.4) is 0 Å². The smallest absolute Gasteiger partial charge is 0.150 e. The van der Waals surface area contributed by atoms with Gasteiger partial charge in [0.15, 0.2) is 5.82 Å². The molecule has 1 atom stereocenters. The molecule has 0 aliphatic carbocycles. The van der Waals surface area contributed by atoms with Crippen LogP contribution in [0.4, 0.5) is 11.5 Å². The summed E-state index contributed by atoms with van der Waals surface area (Å²) in [7, 11) is 2.21. The number of aryl methyl sites for hydroxylation is 2. The Kier molecular flexibility index (Phi) is 4.34. The molecule has 0 radical (unpaired) electrons. The molecule has 2 rings (SSSR count). The third-order valence-electron chi connectivity index (χ3n) is 4.09. The summed E-state index contributed by atoms with van der Waals surface area (Å²) in [5.74, 6) is 1.13. The van der Waals surface area contributed by atoms with Crippen LogP contribution in [-0.2, 0) is 6.54 Å². The van der Waals surface area contributed by atoms with Crippen LogP contribution in [0.5, 0.6) is 0 Å². The first kappa shape index (κ1) is 14.2. The highest BCUT2D eigenvalue weighted by molar-refractivity contribution is 5.66. The first-order valence-electron chi connectivity index (χ1n) is 7.36. The van der Waals surface area contributed by atoms with E-state index < -0.39 is 0 Å². The number of nitrogens with two attached hydrogens (primary N) is 1. The molecule has 2 N–H and O–H groups in total. The fraction of sp³-hybridized carbons (Fsp3) is 0.786. The van der Waals surface area contributed by atoms with Gasteiger partial charge in [-0.15, -0.1) is 0 Å². The Hall–Kier alpha value is -1.23. The van der Waals surface area contributed by atoms with E-state index >= 15 is 0 Å². The fourth-order valence-corrected chi connectivity index (χ4v) is 2.98. The lowest BCUT2D eigenvalue weighted by Crippen LogP contribution is -2.41. The molecule has 1 aromatic rings. The molecular weight excluding hydrogens is 238 g/mol. The van der Waals surface area contributed by atoms with Gasteiger partial charge in [0.1, 0.15) is 0 Å². The Balaban J connectivity index is 2.37. The Morgan fingerprint density at radius 3 is 2.68 bits per heavy atom. The van der Waals surface area contributed by atoms with Crippen LogP contribution in [0.25, 0.3) is 0 Å². The van der Waals surface area contributed by atoms with Gasteiger partial charge in [-0.2, -0.15) is 5.10 Å². The molecular formula is C14H27N5. The number of nitrogens with zero attached hydrogens (tertiary/aromatic N) is 4. The summed E-state index contributed by atoms with van der Waals surface area (Å²) in [6, 6.07) is 0.524. The average Bonchev–Trinajstić information content (AvgIpc) is 2.58. The SMILES string of the molecule is CCC1CN(C)CCCN1c1c(N)c(C)nn1CC. The third kappa shape index (κ3) is 2.71. The molecule has 0 bridgehead atoms. The van der Waals surface area contributed by atoms with Gasteiger partial charge in [0, 0.05) is 25.7 Å². The van der Waals surface area contributed by atoms with E-state index in [1.165, 1.54) is 6.42 Å². The molecule has 108 valence electrons. The van der Waals surface area contributed by atoms with Crippen molar-refractivity contribution >= 4 is 11.5 Å². The molecule has 1 aliphatic rings. The molecule has 5 nitrogen and oxygen atoms in total. The predicted molar refractivity (Wildman–Crippen MR) is 80.6 cm³/mol. The Morgan fingerprint density at radius 1 is 1.32 bits per heavy atom. The van der Waals surface area contributed by atoms with E-state index in [9.17, 15) is 0 Å². The number of hydrogen-bond acceptors (Lipinski definition) is 4. The largest absolute Gasteiger partial charge is 0.394 e. The highest BCUT2D eigenvalue weighted by atomic mass is 15.4. The fourth-order valence-electron chi connectivity index (χ4n) is 2.98. The van der Waals surface area contributed by atoms with E-state index in [0.29, 0.717) is 6.04 Å². The Labute approximate surface area is 116 Å². The lowest BCUT2D eigenvalue weighted by molar-refractivity contribution is 0.327. The quantitative estimate of drug-likeness (QED) is 0.904. The second-order valence-corrected chi connectivity index (χ2v) is 5.51. The summed E-state index contributed by atoms with van der Waals surface area (Å²) in [5, 5.41) is 4.56. The minimum atomic E-state index is 0.524. The standard InChI is InChI=1S/C14H27N5/c1-5-12-10-17(4)8-7-9-18(12)14-13(15)11(3)16-19(14)6-2/h12H,5-10,15H2,1-4H3. The third-order valence-corrected chi connectivity index (χ3v) is 4.09. The summed E-state index contributed by atoms with van der Waals surface area (Å²) < 4.78 is 2.05. The topological polar surface area (TPSA) is 50.3 Å². The highest BCUT2D eigenvalue weighted by Crippen LogP contribution is 2.30. The molecule has 0 saturated carbocycles. The van der Waals surface area contributed by atoms with Crippen LogP contribution in [0, 0.1) is 6.92 Å². The van der Waals surface area contributed by atoms with Crippen LogP contribution in [0.1, 0.15) is 32.4 Å². The van der Waals surface area contributed by atoms with Gasteiger partial charge in [-0.05, 0) is 40.3 Å². The number of hydrogen-bond donors (Lipinski definition) is 1. The average molecular weight is 265 g/mol. The van der Waals surface area contributed by atoms with Gasteiger partial charge < -0.3 is 15.5 Å². The van der Waals surface area contributed by atoms with Crippen LogP contribution >= 0.6 is 0 Å². The van der Waals surface area contributed by atoms with Crippen molar-refractivity contribution in [3.05, 3.63) is 5.69 Å². The van der Waals surface area contributed by atoms with Crippen LogP contribution < -0.4 is 10.6 Å². The first-order chi connectivity index (χ1) is 9.08. The zero-order valence-electron chi connectivity index (χ0n) is 12.7. The van der Waals surface area contributed by atoms with E-state index in [2.05, 4.69) is 40.5 Å². The second-order valence-electron chi connectivity index (χ2n) is 5.51. The molecule has 0 spiro atoms. The summed E-state index contributed by atoms with van der Waals surface area (Å²) >= 11 is 0. The van der Waals surface area contributed by atoms with Crippen molar-refractivity contribution in [3.63, 3.8) is 0 Å². The predicted octanol–water partition coefficient (Wildman–Crippen LogP) is 1.71. The van der Waals surface area contributed by atoms with Gasteiger partial charge in [-0.25, -0.2) is 4.68 Å². The number of rotatable bonds is 3. The molecule has 1 aromatic heterocycles. The second kappa shape index (κ2) is 5.82. The van der Waals surface area contributed by atoms with Crippen molar-refractivity contribution in [1.82, 2.24) is 14.7 Å². The molecule has 1 saturated heterocycles. The van der Waals surface area contributed by atoms with E-state index in [1.807, 2.05) is 6.92 Å². The molecule has 1 aliphatic heterocycles. The van der Waals surface area contributed by atoms with E-state index in [1.54, 1.807) is 0 Å². The van der Waals surface area contributed by atoms with Crippen LogP contribution in [0.15, 0.2) is 0 Å². The molecule has 5 heteroatoms. The molecule has 0 amide bonds. The lowest BCUT2D eigenvalue weighted by Gasteiger charge is -2.32. The molecule has 2 heterocycles. The molecule has 1 fully saturated rings. The monoisotopic (exact) mass is 265 g/mol. The van der Waals surface area contributed by atoms with E-state index in [0.717, 1.165) is 49.8 Å². The van der Waals surface area contributed by atoms with Crippen molar-refractivity contribution in [3.8, 4) is 0 Å². The van der Waals surface area contributed by atoms with Crippen molar-refractivity contribution in [2.24, 2.45) is 0 Å². The highest BCUT2D eigenvalue weighted by Gasteiger charge is 2.27. The van der Waals surface area contributed by atoms with Crippen molar-refractivity contribution in [2.45, 2.75) is 46.2 Å². The minimum Gasteiger partial charge on any atom is -0.394 e. The van der Waals surface area contributed by atoms with Crippen molar-refractivity contribution < 1.29 is 0 Å². The zero-order chi connectivity index (χ0) is 14.0. The van der Waals surface area contributed by atoms with E-state index in [-0.39, 0.29) is 0 Å². The van der Waals surface area contributed by atoms with Gasteiger partial charge in [0.25, 0.3) is 0 Å². The molecule has 19 heavy (non-hydrogen) atoms. The van der Waals surface area contributed by atoms with Crippen molar-refractivity contribution in [2.75, 3.05) is 37.3 Å². The van der Waals surface area contributed by atoms with E-state index in [4.69, 9.17) is 5.73 Å². The summed E-state index contributed by atoms with van der Waals surface area (Å²) in [6.45, 7) is 10.6.